The summed E-state index contributed by atoms with van der Waals surface area (Å²) in [6, 6.07) is 3.69. The number of rotatable bonds is 5. The second-order valence-electron chi connectivity index (χ2n) is 5.19. The Morgan fingerprint density at radius 2 is 2.40 bits per heavy atom. The number of hydrazine groups is 1. The molecule has 1 aliphatic heterocycles. The maximum atomic E-state index is 12.6. The van der Waals surface area contributed by atoms with E-state index in [1.54, 1.807) is 12.1 Å². The van der Waals surface area contributed by atoms with Crippen molar-refractivity contribution in [2.24, 2.45) is 5.84 Å². The van der Waals surface area contributed by atoms with E-state index in [0.717, 1.165) is 37.9 Å². The summed E-state index contributed by atoms with van der Waals surface area (Å²) >= 11 is 0. The number of nitrogen functional groups attached to an aromatic ring is 1. The van der Waals surface area contributed by atoms with E-state index in [-0.39, 0.29) is 18.6 Å². The molecule has 1 atom stereocenters. The third-order valence-electron chi connectivity index (χ3n) is 3.68. The first-order valence-electron chi connectivity index (χ1n) is 7.03. The lowest BCUT2D eigenvalue weighted by atomic mass is 10.1. The number of nitrogens with zero attached hydrogens (tertiary/aromatic N) is 2. The van der Waals surface area contributed by atoms with Crippen molar-refractivity contribution in [3.05, 3.63) is 23.4 Å². The van der Waals surface area contributed by atoms with Crippen LogP contribution in [0.1, 0.15) is 41.7 Å². The van der Waals surface area contributed by atoms with Crippen LogP contribution in [-0.4, -0.2) is 40.1 Å². The lowest BCUT2D eigenvalue weighted by Crippen LogP contribution is -2.35. The molecule has 110 valence electrons. The minimum atomic E-state index is 0.0208. The van der Waals surface area contributed by atoms with Crippen LogP contribution in [-0.2, 0) is 0 Å². The van der Waals surface area contributed by atoms with Crippen LogP contribution in [0.5, 0.6) is 0 Å². The first kappa shape index (κ1) is 14.7. The average molecular weight is 278 g/mol. The third-order valence-corrected chi connectivity index (χ3v) is 3.68. The summed E-state index contributed by atoms with van der Waals surface area (Å²) in [5, 5.41) is 8.94. The quantitative estimate of drug-likeness (QED) is 0.553. The molecule has 0 spiro atoms. The van der Waals surface area contributed by atoms with Gasteiger partial charge in [0, 0.05) is 30.5 Å². The van der Waals surface area contributed by atoms with Gasteiger partial charge < -0.3 is 15.4 Å². The number of carbonyl (C=O) groups is 1. The highest BCUT2D eigenvalue weighted by atomic mass is 16.3. The van der Waals surface area contributed by atoms with Crippen molar-refractivity contribution in [3.8, 4) is 0 Å². The molecule has 4 N–H and O–H groups in total. The number of aromatic nitrogens is 1. The van der Waals surface area contributed by atoms with E-state index in [0.29, 0.717) is 11.4 Å². The average Bonchev–Trinajstić information content (AvgIpc) is 2.91. The molecule has 0 radical (unpaired) electrons. The van der Waals surface area contributed by atoms with Gasteiger partial charge in [-0.25, -0.2) is 10.8 Å². The minimum absolute atomic E-state index is 0.0208. The molecule has 1 aromatic rings. The molecule has 6 heteroatoms. The molecule has 0 aliphatic carbocycles. The fourth-order valence-corrected chi connectivity index (χ4v) is 2.76. The summed E-state index contributed by atoms with van der Waals surface area (Å²) < 4.78 is 0. The Labute approximate surface area is 119 Å². The highest BCUT2D eigenvalue weighted by Gasteiger charge is 2.29. The smallest absolute Gasteiger partial charge is 0.254 e. The Balaban J connectivity index is 2.15. The Morgan fingerprint density at radius 3 is 3.10 bits per heavy atom. The lowest BCUT2D eigenvalue weighted by molar-refractivity contribution is 0.0724. The zero-order chi connectivity index (χ0) is 14.5. The van der Waals surface area contributed by atoms with Crippen molar-refractivity contribution >= 4 is 11.7 Å². The fraction of sp³-hybridized carbons (Fsp3) is 0.571. The summed E-state index contributed by atoms with van der Waals surface area (Å²) in [6.45, 7) is 2.79. The van der Waals surface area contributed by atoms with E-state index in [9.17, 15) is 4.79 Å². The van der Waals surface area contributed by atoms with Crippen molar-refractivity contribution in [1.82, 2.24) is 9.88 Å². The highest BCUT2D eigenvalue weighted by molar-refractivity contribution is 5.95. The normalized spacial score (nSPS) is 18.4. The minimum Gasteiger partial charge on any atom is -0.396 e. The Kier molecular flexibility index (Phi) is 4.92. The number of aryl methyl sites for hydroxylation is 1. The predicted molar refractivity (Wildman–Crippen MR) is 77.2 cm³/mol. The van der Waals surface area contributed by atoms with Crippen LogP contribution in [0, 0.1) is 6.92 Å². The molecule has 1 saturated heterocycles. The Morgan fingerprint density at radius 1 is 1.60 bits per heavy atom. The SMILES string of the molecule is Cc1cc(C(=O)N2CCCC2CCCO)cc(NN)n1. The van der Waals surface area contributed by atoms with Gasteiger partial charge in [0.25, 0.3) is 5.91 Å². The van der Waals surface area contributed by atoms with Crippen LogP contribution >= 0.6 is 0 Å². The number of pyridine rings is 1. The largest absolute Gasteiger partial charge is 0.396 e. The zero-order valence-corrected chi connectivity index (χ0v) is 11.8. The molecule has 0 bridgehead atoms. The second kappa shape index (κ2) is 6.67. The number of carbonyl (C=O) groups excluding carboxylic acids is 1. The van der Waals surface area contributed by atoms with Crippen LogP contribution in [0.2, 0.25) is 0 Å². The van der Waals surface area contributed by atoms with E-state index < -0.39 is 0 Å². The van der Waals surface area contributed by atoms with Crippen molar-refractivity contribution in [1.29, 1.82) is 0 Å². The van der Waals surface area contributed by atoms with Crippen molar-refractivity contribution < 1.29 is 9.90 Å². The molecular weight excluding hydrogens is 256 g/mol. The molecule has 2 rings (SSSR count). The molecule has 1 unspecified atom stereocenters. The number of amides is 1. The first-order valence-corrected chi connectivity index (χ1v) is 7.03. The monoisotopic (exact) mass is 278 g/mol. The summed E-state index contributed by atoms with van der Waals surface area (Å²) in [5.41, 5.74) is 3.86. The zero-order valence-electron chi connectivity index (χ0n) is 11.8. The van der Waals surface area contributed by atoms with Crippen LogP contribution in [0.15, 0.2) is 12.1 Å². The van der Waals surface area contributed by atoms with Crippen LogP contribution < -0.4 is 11.3 Å². The Bertz CT molecular complexity index is 478. The second-order valence-corrected chi connectivity index (χ2v) is 5.19. The number of likely N-dealkylation sites (tertiary alicyclic amines) is 1. The van der Waals surface area contributed by atoms with Gasteiger partial charge in [-0.05, 0) is 44.7 Å². The van der Waals surface area contributed by atoms with E-state index in [2.05, 4.69) is 10.4 Å². The third kappa shape index (κ3) is 3.26. The standard InChI is InChI=1S/C14H22N4O2/c1-10-8-11(9-13(16-10)17-15)14(20)18-6-2-4-12(18)5-3-7-19/h8-9,12,19H,2-7,15H2,1H3,(H,16,17). The molecule has 1 aromatic heterocycles. The molecular formula is C14H22N4O2. The fourth-order valence-electron chi connectivity index (χ4n) is 2.76. The molecule has 1 fully saturated rings. The number of anilines is 1. The van der Waals surface area contributed by atoms with Crippen LogP contribution in [0.25, 0.3) is 0 Å². The van der Waals surface area contributed by atoms with Gasteiger partial charge in [0.2, 0.25) is 0 Å². The van der Waals surface area contributed by atoms with Crippen LogP contribution in [0.4, 0.5) is 5.82 Å². The molecule has 0 aromatic carbocycles. The molecule has 1 amide bonds. The number of aliphatic hydroxyl groups is 1. The van der Waals surface area contributed by atoms with E-state index >= 15 is 0 Å². The van der Waals surface area contributed by atoms with Gasteiger partial charge in [0.1, 0.15) is 5.82 Å². The van der Waals surface area contributed by atoms with Gasteiger partial charge >= 0.3 is 0 Å². The van der Waals surface area contributed by atoms with Gasteiger partial charge in [0.05, 0.1) is 0 Å². The molecule has 2 heterocycles. The predicted octanol–water partition coefficient (Wildman–Crippen LogP) is 1.05. The van der Waals surface area contributed by atoms with Crippen molar-refractivity contribution in [2.45, 2.75) is 38.6 Å². The molecule has 6 nitrogen and oxygen atoms in total. The summed E-state index contributed by atoms with van der Waals surface area (Å²) in [6.07, 6.45) is 3.62. The number of hydrogen-bond donors (Lipinski definition) is 3. The summed E-state index contributed by atoms with van der Waals surface area (Å²) in [7, 11) is 0. The number of hydrogen-bond acceptors (Lipinski definition) is 5. The summed E-state index contributed by atoms with van der Waals surface area (Å²) in [5.74, 6) is 5.89. The first-order chi connectivity index (χ1) is 9.65. The van der Waals surface area contributed by atoms with Crippen molar-refractivity contribution in [2.75, 3.05) is 18.6 Å². The van der Waals surface area contributed by atoms with Crippen LogP contribution in [0.3, 0.4) is 0 Å². The Hall–Kier alpha value is -1.66. The van der Waals surface area contributed by atoms with Gasteiger partial charge in [0.15, 0.2) is 0 Å². The van der Waals surface area contributed by atoms with Gasteiger partial charge in [-0.15, -0.1) is 0 Å². The number of aliphatic hydroxyl groups excluding tert-OH is 1. The van der Waals surface area contributed by atoms with Gasteiger partial charge in [-0.1, -0.05) is 0 Å². The lowest BCUT2D eigenvalue weighted by Gasteiger charge is -2.25. The molecule has 20 heavy (non-hydrogen) atoms. The topological polar surface area (TPSA) is 91.5 Å². The maximum Gasteiger partial charge on any atom is 0.254 e. The number of nitrogens with two attached hydrogens (primary N) is 1. The maximum absolute atomic E-state index is 12.6. The highest BCUT2D eigenvalue weighted by Crippen LogP contribution is 2.24. The van der Waals surface area contributed by atoms with E-state index in [4.69, 9.17) is 10.9 Å². The van der Waals surface area contributed by atoms with Gasteiger partial charge in [-0.3, -0.25) is 4.79 Å². The molecule has 0 saturated carbocycles. The number of nitrogens with one attached hydrogen (secondary N) is 1. The van der Waals surface area contributed by atoms with Crippen molar-refractivity contribution in [3.63, 3.8) is 0 Å². The van der Waals surface area contributed by atoms with E-state index in [1.165, 1.54) is 0 Å². The summed E-state index contributed by atoms with van der Waals surface area (Å²) in [4.78, 5) is 18.7. The molecule has 1 aliphatic rings. The van der Waals surface area contributed by atoms with Gasteiger partial charge in [-0.2, -0.15) is 0 Å². The van der Waals surface area contributed by atoms with E-state index in [1.807, 2.05) is 11.8 Å².